The molecule has 2 atom stereocenters. The number of amides is 1. The first kappa shape index (κ1) is 15.2. The van der Waals surface area contributed by atoms with E-state index in [1.807, 2.05) is 0 Å². The van der Waals surface area contributed by atoms with E-state index in [9.17, 15) is 9.59 Å². The third-order valence-electron chi connectivity index (χ3n) is 2.86. The number of methoxy groups -OCH3 is 1. The van der Waals surface area contributed by atoms with E-state index >= 15 is 0 Å². The maximum atomic E-state index is 12.0. The summed E-state index contributed by atoms with van der Waals surface area (Å²) < 4.78 is 10.9. The van der Waals surface area contributed by atoms with Gasteiger partial charge in [-0.2, -0.15) is 11.8 Å². The summed E-state index contributed by atoms with van der Waals surface area (Å²) in [5, 5.41) is 2.68. The predicted octanol–water partition coefficient (Wildman–Crippen LogP) is 2.45. The van der Waals surface area contributed by atoms with Crippen LogP contribution >= 0.6 is 27.7 Å². The summed E-state index contributed by atoms with van der Waals surface area (Å²) in [6.45, 7) is 0. The molecule has 0 saturated carbocycles. The first-order chi connectivity index (χ1) is 9.60. The highest BCUT2D eigenvalue weighted by molar-refractivity contribution is 9.10. The molecule has 1 aromatic carbocycles. The lowest BCUT2D eigenvalue weighted by atomic mass is 10.2. The fourth-order valence-electron chi connectivity index (χ4n) is 1.79. The minimum absolute atomic E-state index is 0.216. The Bertz CT molecular complexity index is 494. The van der Waals surface area contributed by atoms with Crippen LogP contribution in [0.4, 0.5) is 4.79 Å². The fourth-order valence-corrected chi connectivity index (χ4v) is 3.27. The van der Waals surface area contributed by atoms with Crippen LogP contribution in [-0.4, -0.2) is 42.8 Å². The van der Waals surface area contributed by atoms with Crippen molar-refractivity contribution in [3.63, 3.8) is 0 Å². The lowest BCUT2D eigenvalue weighted by Gasteiger charge is -2.19. The monoisotopic (exact) mass is 359 g/mol. The Morgan fingerprint density at radius 1 is 1.30 bits per heavy atom. The lowest BCUT2D eigenvalue weighted by Crippen LogP contribution is -2.44. The molecule has 0 spiro atoms. The highest BCUT2D eigenvalue weighted by Gasteiger charge is 2.32. The molecule has 0 aromatic heterocycles. The molecule has 1 fully saturated rings. The zero-order valence-electron chi connectivity index (χ0n) is 10.8. The molecule has 1 aliphatic rings. The Labute approximate surface area is 129 Å². The summed E-state index contributed by atoms with van der Waals surface area (Å²) in [6.07, 6.45) is -0.850. The van der Waals surface area contributed by atoms with Crippen LogP contribution < -0.4 is 5.32 Å². The van der Waals surface area contributed by atoms with Gasteiger partial charge in [-0.3, -0.25) is 0 Å². The Hall–Kier alpha value is -1.21. The second-order valence-corrected chi connectivity index (χ2v) is 6.22. The smallest absolute Gasteiger partial charge is 0.407 e. The predicted molar refractivity (Wildman–Crippen MR) is 80.0 cm³/mol. The third-order valence-corrected chi connectivity index (χ3v) is 4.54. The largest absolute Gasteiger partial charge is 0.456 e. The maximum absolute atomic E-state index is 12.0. The van der Waals surface area contributed by atoms with Crippen LogP contribution in [-0.2, 0) is 9.47 Å². The van der Waals surface area contributed by atoms with Gasteiger partial charge >= 0.3 is 12.1 Å². The van der Waals surface area contributed by atoms with Gasteiger partial charge in [-0.25, -0.2) is 9.59 Å². The number of carbonyl (C=O) groups excluding carboxylic acids is 2. The second-order valence-electron chi connectivity index (χ2n) is 4.23. The van der Waals surface area contributed by atoms with E-state index in [2.05, 4.69) is 26.0 Å². The van der Waals surface area contributed by atoms with Crippen molar-refractivity contribution >= 4 is 39.8 Å². The molecule has 5 nitrogen and oxygen atoms in total. The lowest BCUT2D eigenvalue weighted by molar-refractivity contribution is 0.0295. The zero-order chi connectivity index (χ0) is 14.5. The van der Waals surface area contributed by atoms with Crippen molar-refractivity contribution in [1.82, 2.24) is 5.32 Å². The molecule has 1 N–H and O–H groups in total. The van der Waals surface area contributed by atoms with Gasteiger partial charge in [0.2, 0.25) is 0 Å². The summed E-state index contributed by atoms with van der Waals surface area (Å²) in [7, 11) is 1.31. The molecule has 1 amide bonds. The first-order valence-electron chi connectivity index (χ1n) is 5.99. The minimum Gasteiger partial charge on any atom is -0.456 e. The van der Waals surface area contributed by atoms with Crippen molar-refractivity contribution < 1.29 is 19.1 Å². The van der Waals surface area contributed by atoms with Crippen LogP contribution in [0.5, 0.6) is 0 Å². The van der Waals surface area contributed by atoms with Crippen LogP contribution in [0.2, 0.25) is 0 Å². The van der Waals surface area contributed by atoms with Crippen LogP contribution in [0.15, 0.2) is 28.7 Å². The molecule has 0 unspecified atom stereocenters. The normalized spacial score (nSPS) is 21.3. The van der Waals surface area contributed by atoms with Crippen molar-refractivity contribution in [2.45, 2.75) is 12.1 Å². The van der Waals surface area contributed by atoms with Gasteiger partial charge in [-0.1, -0.05) is 15.9 Å². The second kappa shape index (κ2) is 6.99. The van der Waals surface area contributed by atoms with E-state index in [0.29, 0.717) is 17.1 Å². The van der Waals surface area contributed by atoms with Gasteiger partial charge in [0.25, 0.3) is 0 Å². The Morgan fingerprint density at radius 3 is 2.65 bits per heavy atom. The van der Waals surface area contributed by atoms with Crippen LogP contribution in [0.3, 0.4) is 0 Å². The minimum atomic E-state index is -0.512. The number of thioether (sulfide) groups is 1. The van der Waals surface area contributed by atoms with E-state index in [4.69, 9.17) is 4.74 Å². The van der Waals surface area contributed by atoms with Gasteiger partial charge in [0.1, 0.15) is 6.10 Å². The highest BCUT2D eigenvalue weighted by atomic mass is 79.9. The molecule has 108 valence electrons. The highest BCUT2D eigenvalue weighted by Crippen LogP contribution is 2.22. The van der Waals surface area contributed by atoms with E-state index in [0.717, 1.165) is 4.47 Å². The molecule has 1 heterocycles. The van der Waals surface area contributed by atoms with Gasteiger partial charge in [-0.15, -0.1) is 0 Å². The molecule has 1 aliphatic heterocycles. The van der Waals surface area contributed by atoms with E-state index in [-0.39, 0.29) is 18.1 Å². The average molecular weight is 360 g/mol. The van der Waals surface area contributed by atoms with Crippen molar-refractivity contribution in [1.29, 1.82) is 0 Å². The number of benzene rings is 1. The van der Waals surface area contributed by atoms with Crippen molar-refractivity contribution in [3.05, 3.63) is 34.3 Å². The third kappa shape index (κ3) is 3.89. The number of carbonyl (C=O) groups is 2. The molecular formula is C13H14BrNO4S. The molecule has 0 radical (unpaired) electrons. The SMILES string of the molecule is COC(=O)N[C@@H]1CSC[C@@H]1OC(=O)c1ccc(Br)cc1. The topological polar surface area (TPSA) is 64.6 Å². The van der Waals surface area contributed by atoms with Crippen LogP contribution in [0.1, 0.15) is 10.4 Å². The first-order valence-corrected chi connectivity index (χ1v) is 7.93. The summed E-state index contributed by atoms with van der Waals surface area (Å²) in [5.41, 5.74) is 0.488. The van der Waals surface area contributed by atoms with E-state index < -0.39 is 6.09 Å². The summed E-state index contributed by atoms with van der Waals surface area (Å²) in [6, 6.07) is 6.73. The van der Waals surface area contributed by atoms with E-state index in [1.54, 1.807) is 36.0 Å². The quantitative estimate of drug-likeness (QED) is 0.839. The summed E-state index contributed by atoms with van der Waals surface area (Å²) in [4.78, 5) is 23.2. The van der Waals surface area contributed by atoms with Crippen LogP contribution in [0, 0.1) is 0 Å². The number of hydrogen-bond donors (Lipinski definition) is 1. The van der Waals surface area contributed by atoms with Gasteiger partial charge < -0.3 is 14.8 Å². The fraction of sp³-hybridized carbons (Fsp3) is 0.385. The zero-order valence-corrected chi connectivity index (χ0v) is 13.2. The molecule has 2 rings (SSSR count). The molecule has 0 bridgehead atoms. The molecular weight excluding hydrogens is 346 g/mol. The number of alkyl carbamates (subject to hydrolysis) is 1. The van der Waals surface area contributed by atoms with E-state index in [1.165, 1.54) is 7.11 Å². The number of halogens is 1. The van der Waals surface area contributed by atoms with Gasteiger partial charge in [-0.05, 0) is 24.3 Å². The van der Waals surface area contributed by atoms with Gasteiger partial charge in [0.05, 0.1) is 18.7 Å². The molecule has 0 aliphatic carbocycles. The number of ether oxygens (including phenoxy) is 2. The average Bonchev–Trinajstić information content (AvgIpc) is 2.86. The van der Waals surface area contributed by atoms with Crippen molar-refractivity contribution in [2.75, 3.05) is 18.6 Å². The van der Waals surface area contributed by atoms with Crippen molar-refractivity contribution in [2.24, 2.45) is 0 Å². The number of rotatable bonds is 3. The standard InChI is InChI=1S/C13H14BrNO4S/c1-18-13(17)15-10-6-20-7-11(10)19-12(16)8-2-4-9(14)5-3-8/h2-5,10-11H,6-7H2,1H3,(H,15,17)/t10-,11+/m1/s1. The molecule has 7 heteroatoms. The number of nitrogens with one attached hydrogen (secondary N) is 1. The summed E-state index contributed by atoms with van der Waals surface area (Å²) >= 11 is 4.94. The Morgan fingerprint density at radius 2 is 2.00 bits per heavy atom. The Kier molecular flexibility index (Phi) is 5.31. The molecule has 20 heavy (non-hydrogen) atoms. The van der Waals surface area contributed by atoms with Crippen LogP contribution in [0.25, 0.3) is 0 Å². The number of hydrogen-bond acceptors (Lipinski definition) is 5. The molecule has 1 aromatic rings. The number of esters is 1. The molecule has 1 saturated heterocycles. The summed E-state index contributed by atoms with van der Waals surface area (Å²) in [5.74, 6) is 0.978. The van der Waals surface area contributed by atoms with Gasteiger partial charge in [0.15, 0.2) is 0 Å². The van der Waals surface area contributed by atoms with Crippen molar-refractivity contribution in [3.8, 4) is 0 Å². The van der Waals surface area contributed by atoms with Gasteiger partial charge in [0, 0.05) is 16.0 Å². The Balaban J connectivity index is 1.96. The maximum Gasteiger partial charge on any atom is 0.407 e.